The number of benzene rings is 1. The molecule has 0 saturated carbocycles. The van der Waals surface area contributed by atoms with E-state index in [1.165, 1.54) is 0 Å². The van der Waals surface area contributed by atoms with Crippen LogP contribution in [0.2, 0.25) is 0 Å². The number of para-hydroxylation sites is 1. The Labute approximate surface area is 137 Å². The molecule has 1 atom stereocenters. The van der Waals surface area contributed by atoms with Crippen LogP contribution in [0.15, 0.2) is 30.3 Å². The van der Waals surface area contributed by atoms with Crippen LogP contribution in [0.5, 0.6) is 5.75 Å². The fraction of sp³-hybridized carbons (Fsp3) is 0.529. The van der Waals surface area contributed by atoms with Crippen LogP contribution in [0.4, 0.5) is 0 Å². The van der Waals surface area contributed by atoms with Crippen LogP contribution >= 0.6 is 0 Å². The fourth-order valence-electron chi connectivity index (χ4n) is 2.83. The Morgan fingerprint density at radius 1 is 1.26 bits per heavy atom. The highest BCUT2D eigenvalue weighted by molar-refractivity contribution is 5.82. The van der Waals surface area contributed by atoms with Gasteiger partial charge in [0.2, 0.25) is 11.8 Å². The van der Waals surface area contributed by atoms with Gasteiger partial charge in [-0.1, -0.05) is 18.2 Å². The van der Waals surface area contributed by atoms with Crippen LogP contribution in [0, 0.1) is 0 Å². The van der Waals surface area contributed by atoms with E-state index in [0.29, 0.717) is 32.7 Å². The molecule has 126 valence electrons. The Balaban J connectivity index is 1.84. The number of hydrogen-bond acceptors (Lipinski definition) is 4. The van der Waals surface area contributed by atoms with Gasteiger partial charge in [-0.15, -0.1) is 0 Å². The zero-order valence-electron chi connectivity index (χ0n) is 13.8. The van der Waals surface area contributed by atoms with Gasteiger partial charge in [-0.3, -0.25) is 14.5 Å². The molecule has 1 aliphatic heterocycles. The number of piperazine rings is 1. The molecule has 0 bridgehead atoms. The molecule has 1 aliphatic rings. The fourth-order valence-corrected chi connectivity index (χ4v) is 2.83. The Morgan fingerprint density at radius 2 is 1.96 bits per heavy atom. The maximum atomic E-state index is 12.3. The monoisotopic (exact) mass is 319 g/mol. The Kier molecular flexibility index (Phi) is 5.98. The first-order valence-electron chi connectivity index (χ1n) is 7.99. The third kappa shape index (κ3) is 4.69. The number of primary amides is 1. The van der Waals surface area contributed by atoms with Crippen molar-refractivity contribution in [3.63, 3.8) is 0 Å². The first-order chi connectivity index (χ1) is 11.0. The average molecular weight is 319 g/mol. The molecule has 1 aromatic rings. The molecule has 0 aromatic heterocycles. The third-order valence-corrected chi connectivity index (χ3v) is 4.09. The van der Waals surface area contributed by atoms with E-state index in [1.54, 1.807) is 4.90 Å². The Hall–Kier alpha value is -2.08. The van der Waals surface area contributed by atoms with Crippen LogP contribution < -0.4 is 10.5 Å². The van der Waals surface area contributed by atoms with Crippen molar-refractivity contribution < 1.29 is 14.3 Å². The molecule has 6 nitrogen and oxygen atoms in total. The van der Waals surface area contributed by atoms with E-state index in [-0.39, 0.29) is 17.9 Å². The molecule has 1 saturated heterocycles. The molecule has 2 amide bonds. The van der Waals surface area contributed by atoms with E-state index in [9.17, 15) is 9.59 Å². The van der Waals surface area contributed by atoms with Gasteiger partial charge in [0, 0.05) is 25.7 Å². The van der Waals surface area contributed by atoms with Gasteiger partial charge in [-0.2, -0.15) is 0 Å². The number of rotatable bonds is 6. The number of nitrogens with two attached hydrogens (primary N) is 1. The summed E-state index contributed by atoms with van der Waals surface area (Å²) in [5.41, 5.74) is 5.49. The molecule has 23 heavy (non-hydrogen) atoms. The largest absolute Gasteiger partial charge is 0.493 e. The second kappa shape index (κ2) is 7.97. The number of nitrogens with zero attached hydrogens (tertiary/aromatic N) is 2. The van der Waals surface area contributed by atoms with Crippen molar-refractivity contribution in [3.05, 3.63) is 30.3 Å². The predicted octanol–water partition coefficient (Wildman–Crippen LogP) is 0.862. The number of carbonyl (C=O) groups is 2. The van der Waals surface area contributed by atoms with Gasteiger partial charge in [0.1, 0.15) is 11.8 Å². The van der Waals surface area contributed by atoms with Gasteiger partial charge in [0.05, 0.1) is 13.0 Å². The summed E-state index contributed by atoms with van der Waals surface area (Å²) in [5, 5.41) is 0. The average Bonchev–Trinajstić information content (AvgIpc) is 2.55. The van der Waals surface area contributed by atoms with Crippen molar-refractivity contribution in [2.45, 2.75) is 32.4 Å². The normalized spacial score (nSPS) is 18.9. The number of amides is 2. The highest BCUT2D eigenvalue weighted by Crippen LogP contribution is 2.14. The topological polar surface area (TPSA) is 75.9 Å². The molecular formula is C17H25N3O3. The van der Waals surface area contributed by atoms with Crippen molar-refractivity contribution in [2.75, 3.05) is 26.2 Å². The summed E-state index contributed by atoms with van der Waals surface area (Å²) in [7, 11) is 0. The van der Waals surface area contributed by atoms with E-state index in [1.807, 2.05) is 49.1 Å². The molecule has 2 rings (SSSR count). The summed E-state index contributed by atoms with van der Waals surface area (Å²) >= 11 is 0. The highest BCUT2D eigenvalue weighted by atomic mass is 16.5. The van der Waals surface area contributed by atoms with Gasteiger partial charge in [0.25, 0.3) is 0 Å². The van der Waals surface area contributed by atoms with Gasteiger partial charge in [0.15, 0.2) is 0 Å². The zero-order chi connectivity index (χ0) is 16.8. The van der Waals surface area contributed by atoms with Crippen LogP contribution in [-0.4, -0.2) is 59.9 Å². The van der Waals surface area contributed by atoms with E-state index in [0.717, 1.165) is 5.75 Å². The van der Waals surface area contributed by atoms with E-state index < -0.39 is 6.04 Å². The first kappa shape index (κ1) is 17.3. The van der Waals surface area contributed by atoms with Crippen molar-refractivity contribution in [1.29, 1.82) is 0 Å². The second-order valence-electron chi connectivity index (χ2n) is 6.00. The number of hydrogen-bond donors (Lipinski definition) is 1. The molecule has 0 aliphatic carbocycles. The van der Waals surface area contributed by atoms with Crippen molar-refractivity contribution >= 4 is 11.8 Å². The van der Waals surface area contributed by atoms with Crippen LogP contribution in [0.1, 0.15) is 20.3 Å². The van der Waals surface area contributed by atoms with Crippen LogP contribution in [-0.2, 0) is 9.59 Å². The van der Waals surface area contributed by atoms with Crippen molar-refractivity contribution in [3.8, 4) is 5.75 Å². The summed E-state index contributed by atoms with van der Waals surface area (Å²) in [6, 6.07) is 9.22. The van der Waals surface area contributed by atoms with E-state index in [4.69, 9.17) is 10.5 Å². The highest BCUT2D eigenvalue weighted by Gasteiger charge is 2.34. The quantitative estimate of drug-likeness (QED) is 0.844. The lowest BCUT2D eigenvalue weighted by molar-refractivity contribution is -0.138. The number of carbonyl (C=O) groups excluding carboxylic acids is 2. The van der Waals surface area contributed by atoms with Gasteiger partial charge < -0.3 is 15.4 Å². The third-order valence-electron chi connectivity index (χ3n) is 4.09. The standard InChI is InChI=1S/C17H25N3O3/c1-13(2)20-10-9-19(12-15(20)17(18)22)16(21)8-11-23-14-6-4-3-5-7-14/h3-7,13,15H,8-12H2,1-2H3,(H2,18,22)/t15-/m1/s1. The van der Waals surface area contributed by atoms with Crippen molar-refractivity contribution in [1.82, 2.24) is 9.80 Å². The second-order valence-corrected chi connectivity index (χ2v) is 6.00. The van der Waals surface area contributed by atoms with E-state index in [2.05, 4.69) is 0 Å². The van der Waals surface area contributed by atoms with Gasteiger partial charge >= 0.3 is 0 Å². The SMILES string of the molecule is CC(C)N1CCN(C(=O)CCOc2ccccc2)C[C@@H]1C(N)=O. The zero-order valence-corrected chi connectivity index (χ0v) is 13.8. The maximum Gasteiger partial charge on any atom is 0.236 e. The molecule has 1 fully saturated rings. The molecular weight excluding hydrogens is 294 g/mol. The van der Waals surface area contributed by atoms with Crippen LogP contribution in [0.3, 0.4) is 0 Å². The number of ether oxygens (including phenoxy) is 1. The Bertz CT molecular complexity index is 533. The first-order valence-corrected chi connectivity index (χ1v) is 7.99. The summed E-state index contributed by atoms with van der Waals surface area (Å²) in [5.74, 6) is 0.368. The lowest BCUT2D eigenvalue weighted by Crippen LogP contribution is -2.61. The molecule has 2 N–H and O–H groups in total. The smallest absolute Gasteiger partial charge is 0.236 e. The lowest BCUT2D eigenvalue weighted by Gasteiger charge is -2.42. The minimum atomic E-state index is -0.414. The molecule has 0 radical (unpaired) electrons. The van der Waals surface area contributed by atoms with Crippen molar-refractivity contribution in [2.24, 2.45) is 5.73 Å². The summed E-state index contributed by atoms with van der Waals surface area (Å²) in [6.07, 6.45) is 0.294. The maximum absolute atomic E-state index is 12.3. The minimum absolute atomic E-state index is 0.00409. The molecule has 1 aromatic carbocycles. The van der Waals surface area contributed by atoms with Gasteiger partial charge in [-0.25, -0.2) is 0 Å². The summed E-state index contributed by atoms with van der Waals surface area (Å²) in [6.45, 7) is 6.02. The lowest BCUT2D eigenvalue weighted by atomic mass is 10.1. The Morgan fingerprint density at radius 3 is 2.57 bits per heavy atom. The molecule has 6 heteroatoms. The minimum Gasteiger partial charge on any atom is -0.493 e. The summed E-state index contributed by atoms with van der Waals surface area (Å²) < 4.78 is 5.55. The molecule has 0 spiro atoms. The van der Waals surface area contributed by atoms with Gasteiger partial charge in [-0.05, 0) is 26.0 Å². The summed E-state index contributed by atoms with van der Waals surface area (Å²) in [4.78, 5) is 27.7. The molecule has 1 heterocycles. The predicted molar refractivity (Wildman–Crippen MR) is 88.0 cm³/mol. The molecule has 0 unspecified atom stereocenters. The van der Waals surface area contributed by atoms with E-state index >= 15 is 0 Å². The van der Waals surface area contributed by atoms with Crippen LogP contribution in [0.25, 0.3) is 0 Å².